The maximum Gasteiger partial charge on any atom is 0.255 e. The van der Waals surface area contributed by atoms with E-state index >= 15 is 0 Å². The number of halogens is 1. The number of aliphatic imine (C=N–C) groups is 1. The molecule has 0 aliphatic heterocycles. The topological polar surface area (TPSA) is 118 Å². The lowest BCUT2D eigenvalue weighted by Crippen LogP contribution is -2.41. The molecule has 27 heavy (non-hydrogen) atoms. The van der Waals surface area contributed by atoms with Gasteiger partial charge in [-0.3, -0.25) is 9.59 Å². The minimum absolute atomic E-state index is 0. The van der Waals surface area contributed by atoms with Crippen molar-refractivity contribution in [3.05, 3.63) is 29.8 Å². The van der Waals surface area contributed by atoms with Crippen LogP contribution in [0, 0.1) is 5.92 Å². The second-order valence-electron chi connectivity index (χ2n) is 6.09. The van der Waals surface area contributed by atoms with Crippen molar-refractivity contribution in [1.82, 2.24) is 16.0 Å². The molecule has 0 aromatic heterocycles. The number of hydrogen-bond donors (Lipinski definition) is 4. The Morgan fingerprint density at radius 3 is 2.63 bits per heavy atom. The van der Waals surface area contributed by atoms with Crippen molar-refractivity contribution in [1.29, 1.82) is 0 Å². The summed E-state index contributed by atoms with van der Waals surface area (Å²) in [5.74, 6) is 1.11. The van der Waals surface area contributed by atoms with E-state index in [4.69, 9.17) is 10.5 Å². The molecule has 1 fully saturated rings. The van der Waals surface area contributed by atoms with Crippen LogP contribution in [0.3, 0.4) is 0 Å². The van der Waals surface area contributed by atoms with Crippen molar-refractivity contribution in [3.63, 3.8) is 0 Å². The largest absolute Gasteiger partial charge is 0.484 e. The van der Waals surface area contributed by atoms with Gasteiger partial charge in [0.15, 0.2) is 12.6 Å². The molecule has 2 amide bonds. The maximum atomic E-state index is 11.6. The number of amides is 2. The Kier molecular flexibility index (Phi) is 10.5. The van der Waals surface area contributed by atoms with Gasteiger partial charge in [-0.05, 0) is 37.5 Å². The van der Waals surface area contributed by atoms with Gasteiger partial charge in [0.05, 0.1) is 6.54 Å². The molecule has 9 heteroatoms. The Hall–Kier alpha value is -2.04. The molecule has 0 radical (unpaired) electrons. The highest BCUT2D eigenvalue weighted by Gasteiger charge is 2.28. The SMILES string of the molecule is CCNC(=NCc1cccc(OCC(N)=O)c1)NCCNC(=O)C1CC1.I. The number of nitrogens with one attached hydrogen (secondary N) is 3. The molecular formula is C18H28IN5O3. The monoisotopic (exact) mass is 489 g/mol. The third-order valence-electron chi connectivity index (χ3n) is 3.71. The van der Waals surface area contributed by atoms with E-state index < -0.39 is 5.91 Å². The second-order valence-corrected chi connectivity index (χ2v) is 6.09. The summed E-state index contributed by atoms with van der Waals surface area (Å²) in [6.45, 7) is 4.20. The van der Waals surface area contributed by atoms with Gasteiger partial charge in [-0.25, -0.2) is 4.99 Å². The molecule has 1 aromatic rings. The van der Waals surface area contributed by atoms with Crippen LogP contribution in [-0.2, 0) is 16.1 Å². The molecule has 1 aliphatic carbocycles. The summed E-state index contributed by atoms with van der Waals surface area (Å²) < 4.78 is 5.29. The molecule has 1 aromatic carbocycles. The molecular weight excluding hydrogens is 461 g/mol. The zero-order valence-corrected chi connectivity index (χ0v) is 17.8. The molecule has 150 valence electrons. The van der Waals surface area contributed by atoms with Crippen molar-refractivity contribution in [2.45, 2.75) is 26.3 Å². The molecule has 5 N–H and O–H groups in total. The average molecular weight is 489 g/mol. The predicted molar refractivity (Wildman–Crippen MR) is 115 cm³/mol. The lowest BCUT2D eigenvalue weighted by atomic mass is 10.2. The quantitative estimate of drug-likeness (QED) is 0.168. The van der Waals surface area contributed by atoms with Crippen molar-refractivity contribution in [2.24, 2.45) is 16.6 Å². The number of nitrogens with zero attached hydrogens (tertiary/aromatic N) is 1. The minimum atomic E-state index is -0.513. The number of hydrogen-bond acceptors (Lipinski definition) is 4. The first kappa shape index (κ1) is 23.0. The summed E-state index contributed by atoms with van der Waals surface area (Å²) in [5.41, 5.74) is 6.03. The molecule has 0 spiro atoms. The Balaban J connectivity index is 0.00000364. The van der Waals surface area contributed by atoms with Gasteiger partial charge in [0.1, 0.15) is 5.75 Å². The first-order valence-corrected chi connectivity index (χ1v) is 8.88. The molecule has 0 atom stereocenters. The fourth-order valence-corrected chi connectivity index (χ4v) is 2.26. The lowest BCUT2D eigenvalue weighted by molar-refractivity contribution is -0.122. The standard InChI is InChI=1S/C18H27N5O3.HI/c1-2-20-18(22-9-8-21-17(25)14-6-7-14)23-11-13-4-3-5-15(10-13)26-12-16(19)24;/h3-5,10,14H,2,6-9,11-12H2,1H3,(H2,19,24)(H,21,25)(H2,20,22,23);1H. The molecule has 0 unspecified atom stereocenters. The highest BCUT2D eigenvalue weighted by atomic mass is 127. The smallest absolute Gasteiger partial charge is 0.255 e. The Labute approximate surface area is 176 Å². The average Bonchev–Trinajstić information content (AvgIpc) is 3.47. The van der Waals surface area contributed by atoms with E-state index in [0.29, 0.717) is 31.3 Å². The first-order chi connectivity index (χ1) is 12.6. The summed E-state index contributed by atoms with van der Waals surface area (Å²) >= 11 is 0. The number of ether oxygens (including phenoxy) is 1. The van der Waals surface area contributed by atoms with Crippen LogP contribution in [0.15, 0.2) is 29.3 Å². The Morgan fingerprint density at radius 1 is 1.22 bits per heavy atom. The number of nitrogens with two attached hydrogens (primary N) is 1. The van der Waals surface area contributed by atoms with E-state index in [1.54, 1.807) is 6.07 Å². The van der Waals surface area contributed by atoms with E-state index in [-0.39, 0.29) is 42.4 Å². The highest BCUT2D eigenvalue weighted by Crippen LogP contribution is 2.28. The normalized spacial score (nSPS) is 13.3. The van der Waals surface area contributed by atoms with Crippen molar-refractivity contribution in [3.8, 4) is 5.75 Å². The Morgan fingerprint density at radius 2 is 1.96 bits per heavy atom. The van der Waals surface area contributed by atoms with Crippen LogP contribution in [0.5, 0.6) is 5.75 Å². The summed E-state index contributed by atoms with van der Waals surface area (Å²) in [6.07, 6.45) is 2.01. The summed E-state index contributed by atoms with van der Waals surface area (Å²) in [6, 6.07) is 7.36. The van der Waals surface area contributed by atoms with Crippen molar-refractivity contribution >= 4 is 41.8 Å². The molecule has 0 heterocycles. The zero-order chi connectivity index (χ0) is 18.8. The third-order valence-corrected chi connectivity index (χ3v) is 3.71. The maximum absolute atomic E-state index is 11.6. The Bertz CT molecular complexity index is 650. The van der Waals surface area contributed by atoms with Crippen LogP contribution in [0.2, 0.25) is 0 Å². The second kappa shape index (κ2) is 12.4. The van der Waals surface area contributed by atoms with Gasteiger partial charge in [-0.1, -0.05) is 12.1 Å². The minimum Gasteiger partial charge on any atom is -0.484 e. The van der Waals surface area contributed by atoms with E-state index in [1.165, 1.54) is 0 Å². The van der Waals surface area contributed by atoms with Gasteiger partial charge < -0.3 is 26.4 Å². The molecule has 1 aliphatic rings. The molecule has 8 nitrogen and oxygen atoms in total. The molecule has 2 rings (SSSR count). The first-order valence-electron chi connectivity index (χ1n) is 8.88. The zero-order valence-electron chi connectivity index (χ0n) is 15.5. The van der Waals surface area contributed by atoms with Gasteiger partial charge in [0, 0.05) is 25.6 Å². The van der Waals surface area contributed by atoms with E-state index in [0.717, 1.165) is 24.9 Å². The van der Waals surface area contributed by atoms with Crippen LogP contribution >= 0.6 is 24.0 Å². The third kappa shape index (κ3) is 9.45. The van der Waals surface area contributed by atoms with Crippen LogP contribution in [0.4, 0.5) is 0 Å². The van der Waals surface area contributed by atoms with Crippen LogP contribution < -0.4 is 26.4 Å². The van der Waals surface area contributed by atoms with Gasteiger partial charge >= 0.3 is 0 Å². The highest BCUT2D eigenvalue weighted by molar-refractivity contribution is 14.0. The van der Waals surface area contributed by atoms with Gasteiger partial charge in [0.25, 0.3) is 5.91 Å². The van der Waals surface area contributed by atoms with Crippen LogP contribution in [0.25, 0.3) is 0 Å². The van der Waals surface area contributed by atoms with Gasteiger partial charge in [-0.15, -0.1) is 24.0 Å². The molecule has 0 bridgehead atoms. The van der Waals surface area contributed by atoms with Crippen molar-refractivity contribution < 1.29 is 14.3 Å². The number of benzene rings is 1. The fourth-order valence-electron chi connectivity index (χ4n) is 2.26. The van der Waals surface area contributed by atoms with E-state index in [9.17, 15) is 9.59 Å². The number of carbonyl (C=O) groups is 2. The van der Waals surface area contributed by atoms with E-state index in [2.05, 4.69) is 20.9 Å². The molecule has 1 saturated carbocycles. The summed E-state index contributed by atoms with van der Waals surface area (Å²) in [4.78, 5) is 26.9. The lowest BCUT2D eigenvalue weighted by Gasteiger charge is -2.12. The predicted octanol–water partition coefficient (Wildman–Crippen LogP) is 0.750. The summed E-state index contributed by atoms with van der Waals surface area (Å²) in [7, 11) is 0. The summed E-state index contributed by atoms with van der Waals surface area (Å²) in [5, 5.41) is 9.26. The van der Waals surface area contributed by atoms with Crippen LogP contribution in [0.1, 0.15) is 25.3 Å². The number of carbonyl (C=O) groups excluding carboxylic acids is 2. The van der Waals surface area contributed by atoms with Gasteiger partial charge in [0.2, 0.25) is 5.91 Å². The fraction of sp³-hybridized carbons (Fsp3) is 0.500. The number of rotatable bonds is 10. The van der Waals surface area contributed by atoms with Crippen molar-refractivity contribution in [2.75, 3.05) is 26.2 Å². The number of primary amides is 1. The van der Waals surface area contributed by atoms with Crippen LogP contribution in [-0.4, -0.2) is 44.0 Å². The van der Waals surface area contributed by atoms with E-state index in [1.807, 2.05) is 25.1 Å². The van der Waals surface area contributed by atoms with Gasteiger partial charge in [-0.2, -0.15) is 0 Å². The number of guanidine groups is 1. The molecule has 0 saturated heterocycles.